The van der Waals surface area contributed by atoms with E-state index in [1.165, 1.54) is 11.8 Å². The second-order valence-corrected chi connectivity index (χ2v) is 9.16. The first-order valence-electron chi connectivity index (χ1n) is 10.2. The van der Waals surface area contributed by atoms with E-state index in [1.807, 2.05) is 78.9 Å². The third kappa shape index (κ3) is 5.07. The minimum Gasteiger partial charge on any atom is -0.588 e. The van der Waals surface area contributed by atoms with E-state index in [9.17, 15) is 9.35 Å². The van der Waals surface area contributed by atoms with Crippen LogP contribution < -0.4 is 4.72 Å². The molecule has 0 aromatic heterocycles. The van der Waals surface area contributed by atoms with Gasteiger partial charge in [-0.2, -0.15) is 4.72 Å². The van der Waals surface area contributed by atoms with Gasteiger partial charge in [0.2, 0.25) is 5.17 Å². The fourth-order valence-electron chi connectivity index (χ4n) is 3.30. The monoisotopic (exact) mass is 462 g/mol. The summed E-state index contributed by atoms with van der Waals surface area (Å²) in [5.74, 6) is -0.403. The molecule has 1 N–H and O–H groups in total. The highest BCUT2D eigenvalue weighted by Crippen LogP contribution is 2.44. The van der Waals surface area contributed by atoms with Crippen molar-refractivity contribution in [3.63, 3.8) is 0 Å². The second kappa shape index (κ2) is 10.5. The number of benzene rings is 3. The van der Waals surface area contributed by atoms with Crippen LogP contribution in [-0.4, -0.2) is 22.3 Å². The van der Waals surface area contributed by atoms with E-state index in [1.54, 1.807) is 19.1 Å². The van der Waals surface area contributed by atoms with Gasteiger partial charge in [0.25, 0.3) is 0 Å². The van der Waals surface area contributed by atoms with Crippen molar-refractivity contribution in [2.45, 2.75) is 17.1 Å². The van der Waals surface area contributed by atoms with Crippen molar-refractivity contribution in [3.05, 3.63) is 108 Å². The van der Waals surface area contributed by atoms with Gasteiger partial charge in [0.05, 0.1) is 23.1 Å². The summed E-state index contributed by atoms with van der Waals surface area (Å²) >= 11 is -0.134. The summed E-state index contributed by atoms with van der Waals surface area (Å²) in [6.45, 7) is 2.05. The summed E-state index contributed by atoms with van der Waals surface area (Å²) in [7, 11) is 0. The lowest BCUT2D eigenvalue weighted by molar-refractivity contribution is -0.138. The number of carbonyl (C=O) groups is 1. The predicted octanol–water partition coefficient (Wildman–Crippen LogP) is 5.12. The Hall–Kier alpha value is -3.00. The van der Waals surface area contributed by atoms with E-state index in [0.717, 1.165) is 11.1 Å². The Bertz CT molecular complexity index is 1120. The number of nitrogens with one attached hydrogen (secondary N) is 1. The molecule has 1 aliphatic heterocycles. The lowest BCUT2D eigenvalue weighted by Gasteiger charge is -2.26. The Morgan fingerprint density at radius 3 is 2.22 bits per heavy atom. The van der Waals surface area contributed by atoms with Crippen molar-refractivity contribution in [1.29, 1.82) is 0 Å². The summed E-state index contributed by atoms with van der Waals surface area (Å²) in [5, 5.41) is 0.117. The zero-order valence-corrected chi connectivity index (χ0v) is 19.1. The van der Waals surface area contributed by atoms with Gasteiger partial charge in [-0.15, -0.1) is 0 Å². The fourth-order valence-corrected chi connectivity index (χ4v) is 5.44. The molecule has 4 rings (SSSR count). The largest absolute Gasteiger partial charge is 0.588 e. The van der Waals surface area contributed by atoms with Crippen LogP contribution in [0.1, 0.15) is 23.3 Å². The molecule has 2 atom stereocenters. The number of amidine groups is 1. The van der Waals surface area contributed by atoms with Gasteiger partial charge >= 0.3 is 5.97 Å². The van der Waals surface area contributed by atoms with Crippen LogP contribution in [-0.2, 0) is 20.9 Å². The van der Waals surface area contributed by atoms with Gasteiger partial charge in [-0.25, -0.2) is 9.79 Å². The van der Waals surface area contributed by atoms with Crippen molar-refractivity contribution in [1.82, 2.24) is 4.72 Å². The molecular formula is C25H22N2O3S2. The summed E-state index contributed by atoms with van der Waals surface area (Å²) in [5.41, 5.74) is 2.73. The maximum Gasteiger partial charge on any atom is 0.337 e. The van der Waals surface area contributed by atoms with Gasteiger partial charge in [-0.05, 0) is 24.6 Å². The minimum absolute atomic E-state index is 0.267. The number of hydrogen-bond acceptors (Lipinski definition) is 6. The number of carbonyl (C=O) groups excluding carboxylic acids is 1. The SMILES string of the molecule is CCOC(=O)C1=C(c2ccccc2)N=C(N[S+]([O-])c2ccccc2)SC1c1ccccc1. The Labute approximate surface area is 194 Å². The molecule has 0 aliphatic carbocycles. The molecule has 2 unspecified atom stereocenters. The summed E-state index contributed by atoms with van der Waals surface area (Å²) in [6, 6.07) is 28.4. The lowest BCUT2D eigenvalue weighted by Crippen LogP contribution is -2.32. The highest BCUT2D eigenvalue weighted by Gasteiger charge is 2.35. The van der Waals surface area contributed by atoms with Gasteiger partial charge in [-0.3, -0.25) is 0 Å². The quantitative estimate of drug-likeness (QED) is 0.407. The second-order valence-electron chi connectivity index (χ2n) is 6.86. The lowest BCUT2D eigenvalue weighted by atomic mass is 9.99. The Morgan fingerprint density at radius 2 is 1.59 bits per heavy atom. The summed E-state index contributed by atoms with van der Waals surface area (Å²) in [4.78, 5) is 18.5. The van der Waals surface area contributed by atoms with Crippen molar-refractivity contribution in [2.24, 2.45) is 4.99 Å². The number of thioether (sulfide) groups is 1. The molecule has 0 radical (unpaired) electrons. The molecule has 7 heteroatoms. The first-order chi connectivity index (χ1) is 15.7. The first kappa shape index (κ1) is 22.2. The van der Waals surface area contributed by atoms with E-state index in [4.69, 9.17) is 9.73 Å². The van der Waals surface area contributed by atoms with Gasteiger partial charge in [-0.1, -0.05) is 90.6 Å². The van der Waals surface area contributed by atoms with Gasteiger partial charge in [0.1, 0.15) is 11.4 Å². The van der Waals surface area contributed by atoms with Crippen LogP contribution in [0.5, 0.6) is 0 Å². The molecule has 5 nitrogen and oxygen atoms in total. The fraction of sp³-hybridized carbons (Fsp3) is 0.120. The van der Waals surface area contributed by atoms with Crippen molar-refractivity contribution < 1.29 is 14.1 Å². The molecule has 3 aromatic carbocycles. The summed E-state index contributed by atoms with van der Waals surface area (Å²) in [6.07, 6.45) is 0. The van der Waals surface area contributed by atoms with Gasteiger partial charge in [0, 0.05) is 5.56 Å². The molecule has 1 aliphatic rings. The minimum atomic E-state index is -1.49. The predicted molar refractivity (Wildman–Crippen MR) is 130 cm³/mol. The van der Waals surface area contributed by atoms with E-state index in [-0.39, 0.29) is 11.9 Å². The standard InChI is InChI=1S/C25H22N2O3S2/c1-2-30-24(28)21-22(18-12-6-3-7-13-18)26-25(27-32(29)20-16-10-5-11-17-20)31-23(21)19-14-8-4-9-15-19/h3-17,23H,2H2,1H3,(H,26,27). The van der Waals surface area contributed by atoms with Crippen molar-refractivity contribution in [3.8, 4) is 0 Å². The van der Waals surface area contributed by atoms with E-state index < -0.39 is 17.3 Å². The van der Waals surface area contributed by atoms with Gasteiger partial charge < -0.3 is 9.29 Å². The number of hydrogen-bond donors (Lipinski definition) is 1. The van der Waals surface area contributed by atoms with Gasteiger partial charge in [0.15, 0.2) is 4.90 Å². The summed E-state index contributed by atoms with van der Waals surface area (Å²) < 4.78 is 21.4. The average molecular weight is 463 g/mol. The molecule has 0 fully saturated rings. The molecular weight excluding hydrogens is 440 g/mol. The number of nitrogens with zero attached hydrogens (tertiary/aromatic N) is 1. The molecule has 0 amide bonds. The van der Waals surface area contributed by atoms with Crippen LogP contribution in [0.2, 0.25) is 0 Å². The Morgan fingerprint density at radius 1 is 1.00 bits per heavy atom. The zero-order chi connectivity index (χ0) is 22.3. The van der Waals surface area contributed by atoms with Crippen molar-refractivity contribution >= 4 is 40.0 Å². The first-order valence-corrected chi connectivity index (χ1v) is 12.2. The maximum absolute atomic E-state index is 13.1. The maximum atomic E-state index is 13.1. The Balaban J connectivity index is 1.81. The molecule has 0 saturated heterocycles. The van der Waals surface area contributed by atoms with Crippen LogP contribution in [0.25, 0.3) is 5.70 Å². The number of rotatable bonds is 6. The van der Waals surface area contributed by atoms with Crippen molar-refractivity contribution in [2.75, 3.05) is 6.61 Å². The highest BCUT2D eigenvalue weighted by molar-refractivity contribution is 8.15. The number of ether oxygens (including phenoxy) is 1. The molecule has 0 saturated carbocycles. The van der Waals surface area contributed by atoms with Crippen LogP contribution in [0, 0.1) is 0 Å². The molecule has 1 heterocycles. The number of aliphatic imine (C=N–C) groups is 1. The van der Waals surface area contributed by atoms with Crippen LogP contribution in [0.3, 0.4) is 0 Å². The van der Waals surface area contributed by atoms with Crippen LogP contribution in [0.4, 0.5) is 0 Å². The third-order valence-electron chi connectivity index (χ3n) is 4.74. The van der Waals surface area contributed by atoms with Crippen LogP contribution in [0.15, 0.2) is 106 Å². The average Bonchev–Trinajstić information content (AvgIpc) is 2.85. The molecule has 3 aromatic rings. The third-order valence-corrected chi connectivity index (χ3v) is 7.11. The topological polar surface area (TPSA) is 73.8 Å². The zero-order valence-electron chi connectivity index (χ0n) is 17.4. The Kier molecular flexibility index (Phi) is 7.32. The van der Waals surface area contributed by atoms with Crippen LogP contribution >= 0.6 is 11.8 Å². The molecule has 32 heavy (non-hydrogen) atoms. The normalized spacial score (nSPS) is 16.8. The highest BCUT2D eigenvalue weighted by atomic mass is 32.2. The molecule has 0 bridgehead atoms. The number of esters is 1. The van der Waals surface area contributed by atoms with E-state index in [0.29, 0.717) is 21.3 Å². The smallest absolute Gasteiger partial charge is 0.337 e. The van der Waals surface area contributed by atoms with E-state index >= 15 is 0 Å². The van der Waals surface area contributed by atoms with E-state index in [2.05, 4.69) is 4.72 Å². The molecule has 0 spiro atoms. The molecule has 162 valence electrons.